The summed E-state index contributed by atoms with van der Waals surface area (Å²) in [5.41, 5.74) is 1.24. The molecule has 0 aliphatic heterocycles. The minimum atomic E-state index is -0.654. The smallest absolute Gasteiger partial charge is 0.127 e. The van der Waals surface area contributed by atoms with Gasteiger partial charge in [0.25, 0.3) is 0 Å². The Labute approximate surface area is 95.9 Å². The highest BCUT2D eigenvalue weighted by molar-refractivity contribution is 9.10. The zero-order valence-corrected chi connectivity index (χ0v) is 9.67. The molecule has 2 N–H and O–H groups in total. The molecule has 2 atom stereocenters. The zero-order chi connectivity index (χ0) is 11.0. The summed E-state index contributed by atoms with van der Waals surface area (Å²) in [6.07, 6.45) is 0.363. The molecule has 0 saturated heterocycles. The second kappa shape index (κ2) is 4.20. The van der Waals surface area contributed by atoms with Gasteiger partial charge in [-0.1, -0.05) is 15.9 Å². The molecule has 0 radical (unpaired) electrons. The highest BCUT2D eigenvalue weighted by Crippen LogP contribution is 2.40. The van der Waals surface area contributed by atoms with Gasteiger partial charge in [-0.15, -0.1) is 0 Å². The van der Waals surface area contributed by atoms with Gasteiger partial charge < -0.3 is 10.2 Å². The van der Waals surface area contributed by atoms with E-state index in [0.29, 0.717) is 28.4 Å². The maximum Gasteiger partial charge on any atom is 0.127 e. The van der Waals surface area contributed by atoms with Crippen LogP contribution in [0.2, 0.25) is 0 Å². The number of rotatable bonds is 2. The molecule has 0 amide bonds. The lowest BCUT2D eigenvalue weighted by Gasteiger charge is -2.12. The van der Waals surface area contributed by atoms with Crippen LogP contribution in [-0.2, 0) is 6.42 Å². The van der Waals surface area contributed by atoms with Crippen molar-refractivity contribution in [3.63, 3.8) is 0 Å². The molecule has 1 aliphatic rings. The van der Waals surface area contributed by atoms with Crippen LogP contribution in [0.3, 0.4) is 0 Å². The Hall–Kier alpha value is -0.450. The molecule has 1 aliphatic carbocycles. The number of halogens is 2. The first kappa shape index (κ1) is 11.0. The molecule has 0 fully saturated rings. The first-order chi connectivity index (χ1) is 7.13. The Bertz CT molecular complexity index is 381. The predicted molar refractivity (Wildman–Crippen MR) is 58.0 cm³/mol. The number of aliphatic hydroxyl groups excluding tert-OH is 2. The maximum atomic E-state index is 13.5. The van der Waals surface area contributed by atoms with Crippen molar-refractivity contribution in [2.45, 2.75) is 18.9 Å². The largest absolute Gasteiger partial charge is 0.396 e. The lowest BCUT2D eigenvalue weighted by Crippen LogP contribution is -2.08. The second-order valence-corrected chi connectivity index (χ2v) is 4.79. The van der Waals surface area contributed by atoms with Crippen LogP contribution < -0.4 is 0 Å². The van der Waals surface area contributed by atoms with Crippen molar-refractivity contribution in [3.8, 4) is 0 Å². The third-order valence-corrected chi connectivity index (χ3v) is 3.38. The highest BCUT2D eigenvalue weighted by atomic mass is 79.9. The van der Waals surface area contributed by atoms with Gasteiger partial charge in [0.2, 0.25) is 0 Å². The minimum absolute atomic E-state index is 0.0263. The van der Waals surface area contributed by atoms with E-state index in [0.717, 1.165) is 0 Å². The SMILES string of the molecule is OCC[C@H]1Cc2c(F)cc(Br)cc2[C@H]1O. The van der Waals surface area contributed by atoms with Gasteiger partial charge in [0.05, 0.1) is 6.10 Å². The van der Waals surface area contributed by atoms with Crippen molar-refractivity contribution in [2.75, 3.05) is 6.61 Å². The molecule has 0 spiro atoms. The summed E-state index contributed by atoms with van der Waals surface area (Å²) in [5.74, 6) is -0.340. The summed E-state index contributed by atoms with van der Waals surface area (Å²) >= 11 is 3.20. The Kier molecular flexibility index (Phi) is 3.09. The molecule has 2 rings (SSSR count). The van der Waals surface area contributed by atoms with E-state index in [2.05, 4.69) is 15.9 Å². The van der Waals surface area contributed by atoms with Gasteiger partial charge in [-0.2, -0.15) is 0 Å². The Balaban J connectivity index is 2.36. The third kappa shape index (κ3) is 1.94. The average molecular weight is 275 g/mol. The van der Waals surface area contributed by atoms with Crippen LogP contribution in [0.4, 0.5) is 4.39 Å². The summed E-state index contributed by atoms with van der Waals surface area (Å²) < 4.78 is 14.2. The fraction of sp³-hybridized carbons (Fsp3) is 0.455. The Morgan fingerprint density at radius 3 is 2.87 bits per heavy atom. The number of hydrogen-bond donors (Lipinski definition) is 2. The minimum Gasteiger partial charge on any atom is -0.396 e. The predicted octanol–water partition coefficient (Wildman–Crippen LogP) is 2.18. The van der Waals surface area contributed by atoms with E-state index in [4.69, 9.17) is 5.11 Å². The van der Waals surface area contributed by atoms with E-state index in [-0.39, 0.29) is 18.3 Å². The molecule has 82 valence electrons. The molecule has 2 nitrogen and oxygen atoms in total. The summed E-state index contributed by atoms with van der Waals surface area (Å²) in [5, 5.41) is 18.8. The van der Waals surface area contributed by atoms with E-state index in [9.17, 15) is 9.50 Å². The third-order valence-electron chi connectivity index (χ3n) is 2.93. The van der Waals surface area contributed by atoms with E-state index in [1.54, 1.807) is 6.07 Å². The van der Waals surface area contributed by atoms with E-state index in [1.807, 2.05) is 0 Å². The second-order valence-electron chi connectivity index (χ2n) is 3.88. The van der Waals surface area contributed by atoms with Crippen molar-refractivity contribution in [1.82, 2.24) is 0 Å². The summed E-state index contributed by atoms with van der Waals surface area (Å²) in [6, 6.07) is 3.16. The van der Waals surface area contributed by atoms with E-state index in [1.165, 1.54) is 6.07 Å². The lowest BCUT2D eigenvalue weighted by molar-refractivity contribution is 0.104. The van der Waals surface area contributed by atoms with Crippen LogP contribution in [0.15, 0.2) is 16.6 Å². The average Bonchev–Trinajstić information content (AvgIpc) is 2.47. The quantitative estimate of drug-likeness (QED) is 0.868. The van der Waals surface area contributed by atoms with Gasteiger partial charge in [-0.05, 0) is 42.0 Å². The van der Waals surface area contributed by atoms with Gasteiger partial charge in [0.15, 0.2) is 0 Å². The fourth-order valence-electron chi connectivity index (χ4n) is 2.16. The van der Waals surface area contributed by atoms with Crippen LogP contribution in [0, 0.1) is 11.7 Å². The normalized spacial score (nSPS) is 24.3. The molecule has 4 heteroatoms. The molecule has 0 heterocycles. The number of fused-ring (bicyclic) bond motifs is 1. The van der Waals surface area contributed by atoms with Gasteiger partial charge >= 0.3 is 0 Å². The Morgan fingerprint density at radius 1 is 1.47 bits per heavy atom. The molecule has 0 saturated carbocycles. The molecule has 1 aromatic carbocycles. The molecule has 0 unspecified atom stereocenters. The monoisotopic (exact) mass is 274 g/mol. The Morgan fingerprint density at radius 2 is 2.20 bits per heavy atom. The van der Waals surface area contributed by atoms with Gasteiger partial charge in [-0.3, -0.25) is 0 Å². The van der Waals surface area contributed by atoms with Crippen molar-refractivity contribution in [3.05, 3.63) is 33.5 Å². The topological polar surface area (TPSA) is 40.5 Å². The summed E-state index contributed by atoms with van der Waals surface area (Å²) in [7, 11) is 0. The molecule has 0 aromatic heterocycles. The summed E-state index contributed by atoms with van der Waals surface area (Å²) in [6.45, 7) is 0.0263. The fourth-order valence-corrected chi connectivity index (χ4v) is 2.60. The van der Waals surface area contributed by atoms with Gasteiger partial charge in [0.1, 0.15) is 5.82 Å². The van der Waals surface area contributed by atoms with Crippen LogP contribution in [0.5, 0.6) is 0 Å². The van der Waals surface area contributed by atoms with Crippen molar-refractivity contribution < 1.29 is 14.6 Å². The molecule has 15 heavy (non-hydrogen) atoms. The number of hydrogen-bond acceptors (Lipinski definition) is 2. The maximum absolute atomic E-state index is 13.5. The molecular formula is C11H12BrFO2. The van der Waals surface area contributed by atoms with E-state index < -0.39 is 6.10 Å². The molecular weight excluding hydrogens is 263 g/mol. The number of aliphatic hydroxyl groups is 2. The van der Waals surface area contributed by atoms with Crippen LogP contribution in [-0.4, -0.2) is 16.8 Å². The van der Waals surface area contributed by atoms with Crippen molar-refractivity contribution >= 4 is 15.9 Å². The van der Waals surface area contributed by atoms with Crippen LogP contribution in [0.1, 0.15) is 23.7 Å². The van der Waals surface area contributed by atoms with Crippen molar-refractivity contribution in [1.29, 1.82) is 0 Å². The van der Waals surface area contributed by atoms with Crippen molar-refractivity contribution in [2.24, 2.45) is 5.92 Å². The standard InChI is InChI=1S/C11H12BrFO2/c12-7-4-9-8(10(13)5-7)3-6(1-2-14)11(9)15/h4-6,11,14-15H,1-3H2/t6-,11-/m0/s1. The zero-order valence-electron chi connectivity index (χ0n) is 8.08. The van der Waals surface area contributed by atoms with Gasteiger partial charge in [0, 0.05) is 11.1 Å². The first-order valence-electron chi connectivity index (χ1n) is 4.90. The highest BCUT2D eigenvalue weighted by Gasteiger charge is 2.32. The number of benzene rings is 1. The first-order valence-corrected chi connectivity index (χ1v) is 5.69. The molecule has 0 bridgehead atoms. The lowest BCUT2D eigenvalue weighted by atomic mass is 10.0. The van der Waals surface area contributed by atoms with Gasteiger partial charge in [-0.25, -0.2) is 4.39 Å². The van der Waals surface area contributed by atoms with E-state index >= 15 is 0 Å². The van der Waals surface area contributed by atoms with Crippen LogP contribution in [0.25, 0.3) is 0 Å². The molecule has 1 aromatic rings. The van der Waals surface area contributed by atoms with Crippen LogP contribution >= 0.6 is 15.9 Å². The summed E-state index contributed by atoms with van der Waals surface area (Å²) in [4.78, 5) is 0.